The van der Waals surface area contributed by atoms with Crippen LogP contribution in [0.25, 0.3) is 0 Å². The molecular weight excluding hydrogens is 432 g/mol. The highest BCUT2D eigenvalue weighted by atomic mass is 16.5. The smallest absolute Gasteiger partial charge is 0.312 e. The molecule has 0 N–H and O–H groups in total. The number of hydrogen-bond donors (Lipinski definition) is 0. The van der Waals surface area contributed by atoms with Crippen molar-refractivity contribution in [1.29, 1.82) is 0 Å². The predicted molar refractivity (Wildman–Crippen MR) is 141 cm³/mol. The summed E-state index contributed by atoms with van der Waals surface area (Å²) in [6.07, 6.45) is 15.1. The summed E-state index contributed by atoms with van der Waals surface area (Å²) in [5.74, 6) is 1.06. The third-order valence-electron chi connectivity index (χ3n) is 13.6. The molecule has 0 amide bonds. The molecule has 0 saturated heterocycles. The first-order valence-corrected chi connectivity index (χ1v) is 14.1. The average Bonchev–Trinajstić information content (AvgIpc) is 2.79. The van der Waals surface area contributed by atoms with Crippen molar-refractivity contribution in [3.63, 3.8) is 0 Å². The van der Waals surface area contributed by atoms with Crippen LogP contribution in [-0.2, 0) is 14.3 Å². The van der Waals surface area contributed by atoms with Crippen molar-refractivity contribution in [2.75, 3.05) is 7.11 Å². The zero-order valence-electron chi connectivity index (χ0n) is 23.8. The van der Waals surface area contributed by atoms with Gasteiger partial charge in [0.1, 0.15) is 0 Å². The van der Waals surface area contributed by atoms with Gasteiger partial charge in [-0.2, -0.15) is 0 Å². The van der Waals surface area contributed by atoms with E-state index in [0.717, 1.165) is 51.4 Å². The van der Waals surface area contributed by atoms with Crippen LogP contribution >= 0.6 is 0 Å². The summed E-state index contributed by atoms with van der Waals surface area (Å²) in [5.41, 5.74) is 1.19. The maximum Gasteiger partial charge on any atom is 0.312 e. The number of fused-ring (bicyclic) bond motifs is 7. The van der Waals surface area contributed by atoms with Gasteiger partial charge in [-0.15, -0.1) is 0 Å². The van der Waals surface area contributed by atoms with Crippen molar-refractivity contribution in [2.24, 2.45) is 49.7 Å². The van der Waals surface area contributed by atoms with Crippen LogP contribution < -0.4 is 0 Å². The van der Waals surface area contributed by atoms with Crippen molar-refractivity contribution in [3.8, 4) is 0 Å². The Morgan fingerprint density at radius 3 is 2.23 bits per heavy atom. The molecule has 3 fully saturated rings. The number of carbonyl (C=O) groups is 2. The van der Waals surface area contributed by atoms with E-state index in [1.165, 1.54) is 0 Å². The number of ketones is 1. The largest absolute Gasteiger partial charge is 0.469 e. The van der Waals surface area contributed by atoms with E-state index in [4.69, 9.17) is 4.74 Å². The van der Waals surface area contributed by atoms with Crippen molar-refractivity contribution >= 4 is 11.8 Å². The molecule has 3 nitrogen and oxygen atoms in total. The monoisotopic (exact) mass is 480 g/mol. The second-order valence-electron chi connectivity index (χ2n) is 15.2. The Morgan fingerprint density at radius 1 is 0.914 bits per heavy atom. The molecule has 3 heteroatoms. The van der Waals surface area contributed by atoms with Crippen LogP contribution in [0, 0.1) is 49.7 Å². The minimum Gasteiger partial charge on any atom is -0.469 e. The summed E-state index contributed by atoms with van der Waals surface area (Å²) >= 11 is 0. The highest BCUT2D eigenvalue weighted by molar-refractivity contribution is 5.96. The minimum absolute atomic E-state index is 0.0203. The van der Waals surface area contributed by atoms with Gasteiger partial charge in [0.15, 0.2) is 5.78 Å². The maximum atomic E-state index is 13.4. The Balaban J connectivity index is 1.65. The van der Waals surface area contributed by atoms with Gasteiger partial charge < -0.3 is 4.74 Å². The lowest BCUT2D eigenvalue weighted by molar-refractivity contribution is -0.196. The third-order valence-corrected chi connectivity index (χ3v) is 13.6. The minimum atomic E-state index is -0.358. The van der Waals surface area contributed by atoms with E-state index >= 15 is 0 Å². The summed E-state index contributed by atoms with van der Waals surface area (Å²) in [6.45, 7) is 19.1. The van der Waals surface area contributed by atoms with Crippen LogP contribution in [0.1, 0.15) is 107 Å². The fourth-order valence-electron chi connectivity index (χ4n) is 10.3. The van der Waals surface area contributed by atoms with Gasteiger partial charge in [-0.05, 0) is 96.4 Å². The van der Waals surface area contributed by atoms with Crippen molar-refractivity contribution in [3.05, 3.63) is 23.8 Å². The average molecular weight is 481 g/mol. The number of rotatable bonds is 1. The van der Waals surface area contributed by atoms with Crippen LogP contribution in [0.4, 0.5) is 0 Å². The number of carbonyl (C=O) groups excluding carboxylic acids is 2. The summed E-state index contributed by atoms with van der Waals surface area (Å²) in [7, 11) is 1.58. The van der Waals surface area contributed by atoms with Gasteiger partial charge in [-0.25, -0.2) is 0 Å². The summed E-state index contributed by atoms with van der Waals surface area (Å²) < 4.78 is 5.49. The Morgan fingerprint density at radius 2 is 1.57 bits per heavy atom. The second-order valence-corrected chi connectivity index (χ2v) is 15.2. The molecule has 0 bridgehead atoms. The predicted octanol–water partition coefficient (Wildman–Crippen LogP) is 7.70. The maximum absolute atomic E-state index is 13.4. The van der Waals surface area contributed by atoms with E-state index < -0.39 is 0 Å². The highest BCUT2D eigenvalue weighted by Crippen LogP contribution is 2.77. The van der Waals surface area contributed by atoms with E-state index in [1.807, 2.05) is 6.08 Å². The molecule has 35 heavy (non-hydrogen) atoms. The van der Waals surface area contributed by atoms with E-state index in [9.17, 15) is 9.59 Å². The molecule has 0 unspecified atom stereocenters. The first-order chi connectivity index (χ1) is 16.0. The van der Waals surface area contributed by atoms with Gasteiger partial charge in [0.25, 0.3) is 0 Å². The molecule has 0 aromatic carbocycles. The lowest BCUT2D eigenvalue weighted by Crippen LogP contribution is -2.67. The first kappa shape index (κ1) is 25.3. The molecule has 194 valence electrons. The van der Waals surface area contributed by atoms with Crippen molar-refractivity contribution in [1.82, 2.24) is 0 Å². The molecule has 0 aliphatic heterocycles. The number of ether oxygens (including phenoxy) is 1. The van der Waals surface area contributed by atoms with E-state index in [1.54, 1.807) is 12.7 Å². The standard InChI is InChI=1S/C32H48O3/c1-26(2)14-18-32(25(34)35-9)19-16-28(5)21(22(32)20-26)10-11-23-29(28,6)15-17-31(8)27(3,4)24(33)12-13-30(23,31)7/h10,12-13,22-23H,11,14-20H2,1-9H3/t22-,23-,28+,29+,30+,31-,32-/m0/s1. The molecule has 0 heterocycles. The number of esters is 1. The molecule has 5 aliphatic carbocycles. The number of hydrogen-bond acceptors (Lipinski definition) is 3. The molecule has 5 rings (SSSR count). The van der Waals surface area contributed by atoms with Crippen molar-refractivity contribution < 1.29 is 14.3 Å². The molecular formula is C32H48O3. The van der Waals surface area contributed by atoms with Gasteiger partial charge in [0.2, 0.25) is 0 Å². The quantitative estimate of drug-likeness (QED) is 0.285. The van der Waals surface area contributed by atoms with Gasteiger partial charge in [0, 0.05) is 5.41 Å². The lowest BCUT2D eigenvalue weighted by Gasteiger charge is -2.72. The summed E-state index contributed by atoms with van der Waals surface area (Å²) in [6, 6.07) is 0. The van der Waals surface area contributed by atoms with E-state index in [2.05, 4.69) is 67.5 Å². The Hall–Kier alpha value is -1.38. The van der Waals surface area contributed by atoms with Crippen molar-refractivity contribution in [2.45, 2.75) is 107 Å². The normalized spacial score (nSPS) is 49.6. The van der Waals surface area contributed by atoms with E-state index in [0.29, 0.717) is 5.92 Å². The van der Waals surface area contributed by atoms with Gasteiger partial charge in [0.05, 0.1) is 12.5 Å². The molecule has 0 radical (unpaired) electrons. The van der Waals surface area contributed by atoms with Gasteiger partial charge in [-0.1, -0.05) is 73.1 Å². The first-order valence-electron chi connectivity index (χ1n) is 14.1. The fraction of sp³-hybridized carbons (Fsp3) is 0.812. The second kappa shape index (κ2) is 7.13. The summed E-state index contributed by atoms with van der Waals surface area (Å²) in [4.78, 5) is 26.4. The molecule has 0 spiro atoms. The number of allylic oxidation sites excluding steroid dienone is 4. The molecule has 0 aromatic rings. The van der Waals surface area contributed by atoms with E-state index in [-0.39, 0.29) is 55.6 Å². The third kappa shape index (κ3) is 2.79. The SMILES string of the molecule is COC(=O)[C@]12CCC(C)(C)C[C@H]1C1=CC[C@@H]3[C@@]4(C)C=CC(=O)C(C)(C)[C@]4(C)CC[C@@]3(C)[C@]1(C)CC2. The Bertz CT molecular complexity index is 1030. The van der Waals surface area contributed by atoms with Gasteiger partial charge in [-0.3, -0.25) is 9.59 Å². The van der Waals surface area contributed by atoms with Crippen LogP contribution in [0.15, 0.2) is 23.8 Å². The fourth-order valence-corrected chi connectivity index (χ4v) is 10.3. The number of methoxy groups -OCH3 is 1. The lowest BCUT2D eigenvalue weighted by atomic mass is 9.31. The Labute approximate surface area is 213 Å². The molecule has 3 saturated carbocycles. The van der Waals surface area contributed by atoms with Crippen LogP contribution in [0.3, 0.4) is 0 Å². The Kier molecular flexibility index (Phi) is 5.15. The van der Waals surface area contributed by atoms with Crippen LogP contribution in [0.5, 0.6) is 0 Å². The summed E-state index contributed by atoms with van der Waals surface area (Å²) in [5, 5.41) is 0. The zero-order valence-corrected chi connectivity index (χ0v) is 23.8. The highest BCUT2D eigenvalue weighted by Gasteiger charge is 2.71. The topological polar surface area (TPSA) is 43.4 Å². The molecule has 5 aliphatic rings. The van der Waals surface area contributed by atoms with Gasteiger partial charge >= 0.3 is 5.97 Å². The molecule has 0 aromatic heterocycles. The zero-order chi connectivity index (χ0) is 25.9. The molecule has 7 atom stereocenters. The van der Waals surface area contributed by atoms with Crippen LogP contribution in [0.2, 0.25) is 0 Å². The van der Waals surface area contributed by atoms with Crippen LogP contribution in [-0.4, -0.2) is 18.9 Å².